The van der Waals surface area contributed by atoms with Gasteiger partial charge in [-0.15, -0.1) is 11.8 Å². The number of thioether (sulfide) groups is 1. The lowest BCUT2D eigenvalue weighted by Gasteiger charge is -2.27. The highest BCUT2D eigenvalue weighted by molar-refractivity contribution is 8.00. The van der Waals surface area contributed by atoms with Gasteiger partial charge in [-0.05, 0) is 18.9 Å². The summed E-state index contributed by atoms with van der Waals surface area (Å²) in [6.45, 7) is 0. The van der Waals surface area contributed by atoms with Crippen molar-refractivity contribution in [3.05, 3.63) is 34.4 Å². The number of hydrogen-bond acceptors (Lipinski definition) is 4. The average Bonchev–Trinajstić information content (AvgIpc) is 2.32. The van der Waals surface area contributed by atoms with Crippen molar-refractivity contribution in [1.29, 1.82) is 0 Å². The number of benzene rings is 1. The molecule has 5 heteroatoms. The van der Waals surface area contributed by atoms with E-state index in [9.17, 15) is 10.1 Å². The summed E-state index contributed by atoms with van der Waals surface area (Å²) < 4.78 is 0. The predicted octanol–water partition coefficient (Wildman–Crippen LogP) is 2.96. The number of hydrogen-bond donors (Lipinski definition) is 1. The third kappa shape index (κ3) is 2.98. The van der Waals surface area contributed by atoms with Gasteiger partial charge >= 0.3 is 0 Å². The molecule has 0 aromatic heterocycles. The summed E-state index contributed by atoms with van der Waals surface area (Å²) in [7, 11) is 0. The standard InChI is InChI=1S/C12H16N2O2S/c13-9-5-1-3-7-11(9)17-12-8-4-2-6-10(12)14(15)16/h2,4,6,8-9,11H,1,3,5,7,13H2. The quantitative estimate of drug-likeness (QED) is 0.663. The second-order valence-corrected chi connectivity index (χ2v) is 5.61. The summed E-state index contributed by atoms with van der Waals surface area (Å²) >= 11 is 1.56. The molecule has 17 heavy (non-hydrogen) atoms. The van der Waals surface area contributed by atoms with Gasteiger partial charge < -0.3 is 5.73 Å². The maximum Gasteiger partial charge on any atom is 0.282 e. The summed E-state index contributed by atoms with van der Waals surface area (Å²) in [6.07, 6.45) is 4.43. The van der Waals surface area contributed by atoms with Gasteiger partial charge in [0.1, 0.15) is 0 Å². The van der Waals surface area contributed by atoms with Gasteiger partial charge in [-0.25, -0.2) is 0 Å². The SMILES string of the molecule is NC1CCCCC1Sc1ccccc1[N+](=O)[O-]. The molecule has 1 aromatic carbocycles. The first-order valence-corrected chi connectivity index (χ1v) is 6.72. The van der Waals surface area contributed by atoms with E-state index in [-0.39, 0.29) is 16.7 Å². The number of nitro benzene ring substituents is 1. The van der Waals surface area contributed by atoms with E-state index in [4.69, 9.17) is 5.73 Å². The Morgan fingerprint density at radius 1 is 1.29 bits per heavy atom. The van der Waals surface area contributed by atoms with Crippen molar-refractivity contribution < 1.29 is 4.92 Å². The van der Waals surface area contributed by atoms with Crippen molar-refractivity contribution >= 4 is 17.4 Å². The van der Waals surface area contributed by atoms with Crippen LogP contribution in [0.2, 0.25) is 0 Å². The Balaban J connectivity index is 2.14. The van der Waals surface area contributed by atoms with Crippen molar-refractivity contribution in [2.45, 2.75) is 41.9 Å². The molecule has 2 rings (SSSR count). The molecule has 0 heterocycles. The van der Waals surface area contributed by atoms with E-state index in [1.807, 2.05) is 12.1 Å². The van der Waals surface area contributed by atoms with Gasteiger partial charge in [-0.1, -0.05) is 25.0 Å². The molecule has 2 unspecified atom stereocenters. The molecule has 1 saturated carbocycles. The highest BCUT2D eigenvalue weighted by atomic mass is 32.2. The van der Waals surface area contributed by atoms with Crippen molar-refractivity contribution in [2.24, 2.45) is 5.73 Å². The Morgan fingerprint density at radius 2 is 2.00 bits per heavy atom. The van der Waals surface area contributed by atoms with Crippen molar-refractivity contribution in [3.63, 3.8) is 0 Å². The Hall–Kier alpha value is -1.07. The van der Waals surface area contributed by atoms with Crippen LogP contribution in [-0.4, -0.2) is 16.2 Å². The normalized spacial score (nSPS) is 24.5. The van der Waals surface area contributed by atoms with E-state index < -0.39 is 0 Å². The first-order chi connectivity index (χ1) is 8.18. The van der Waals surface area contributed by atoms with Gasteiger partial charge in [0, 0.05) is 17.4 Å². The summed E-state index contributed by atoms with van der Waals surface area (Å²) in [4.78, 5) is 11.3. The number of rotatable bonds is 3. The van der Waals surface area contributed by atoms with Crippen LogP contribution in [-0.2, 0) is 0 Å². The third-order valence-electron chi connectivity index (χ3n) is 3.09. The molecule has 1 aliphatic rings. The Kier molecular flexibility index (Phi) is 4.02. The van der Waals surface area contributed by atoms with Crippen LogP contribution in [0.15, 0.2) is 29.2 Å². The van der Waals surface area contributed by atoms with Crippen LogP contribution in [0.5, 0.6) is 0 Å². The van der Waals surface area contributed by atoms with E-state index in [0.717, 1.165) is 17.7 Å². The van der Waals surface area contributed by atoms with Gasteiger partial charge in [0.25, 0.3) is 5.69 Å². The van der Waals surface area contributed by atoms with Crippen molar-refractivity contribution in [2.75, 3.05) is 0 Å². The van der Waals surface area contributed by atoms with Gasteiger partial charge in [0.05, 0.1) is 9.82 Å². The van der Waals surface area contributed by atoms with Crippen molar-refractivity contribution in [3.8, 4) is 0 Å². The minimum absolute atomic E-state index is 0.161. The summed E-state index contributed by atoms with van der Waals surface area (Å²) in [6, 6.07) is 7.06. The topological polar surface area (TPSA) is 69.2 Å². The van der Waals surface area contributed by atoms with E-state index >= 15 is 0 Å². The molecule has 92 valence electrons. The lowest BCUT2D eigenvalue weighted by Crippen LogP contribution is -2.35. The van der Waals surface area contributed by atoms with Crippen LogP contribution >= 0.6 is 11.8 Å². The van der Waals surface area contributed by atoms with Gasteiger partial charge in [0.15, 0.2) is 0 Å². The molecule has 0 radical (unpaired) electrons. The zero-order valence-corrected chi connectivity index (χ0v) is 10.4. The number of nitro groups is 1. The van der Waals surface area contributed by atoms with Gasteiger partial charge in [0.2, 0.25) is 0 Å². The lowest BCUT2D eigenvalue weighted by atomic mass is 9.96. The van der Waals surface area contributed by atoms with Crippen LogP contribution in [0.1, 0.15) is 25.7 Å². The molecule has 0 saturated heterocycles. The fourth-order valence-electron chi connectivity index (χ4n) is 2.14. The second kappa shape index (κ2) is 5.51. The molecule has 0 aliphatic heterocycles. The number of nitrogens with two attached hydrogens (primary N) is 1. The van der Waals surface area contributed by atoms with E-state index in [1.165, 1.54) is 12.8 Å². The van der Waals surface area contributed by atoms with E-state index in [2.05, 4.69) is 0 Å². The molecule has 0 amide bonds. The zero-order chi connectivity index (χ0) is 12.3. The Bertz CT molecular complexity index is 411. The molecule has 1 aromatic rings. The van der Waals surface area contributed by atoms with Crippen LogP contribution in [0, 0.1) is 10.1 Å². The maximum atomic E-state index is 10.9. The Morgan fingerprint density at radius 3 is 2.71 bits per heavy atom. The van der Waals surface area contributed by atoms with Gasteiger partial charge in [-0.3, -0.25) is 10.1 Å². The highest BCUT2D eigenvalue weighted by Crippen LogP contribution is 2.37. The zero-order valence-electron chi connectivity index (χ0n) is 9.54. The average molecular weight is 252 g/mol. The minimum Gasteiger partial charge on any atom is -0.327 e. The molecular weight excluding hydrogens is 236 g/mol. The molecule has 2 N–H and O–H groups in total. The smallest absolute Gasteiger partial charge is 0.282 e. The molecule has 1 aliphatic carbocycles. The molecule has 0 spiro atoms. The first-order valence-electron chi connectivity index (χ1n) is 5.84. The maximum absolute atomic E-state index is 10.9. The Labute approximate surface area is 105 Å². The molecule has 0 bridgehead atoms. The summed E-state index contributed by atoms with van der Waals surface area (Å²) in [5.41, 5.74) is 6.25. The summed E-state index contributed by atoms with van der Waals surface area (Å²) in [5.74, 6) is 0. The predicted molar refractivity (Wildman–Crippen MR) is 69.2 cm³/mol. The minimum atomic E-state index is -0.323. The second-order valence-electron chi connectivity index (χ2n) is 4.33. The summed E-state index contributed by atoms with van der Waals surface area (Å²) in [5, 5.41) is 11.2. The van der Waals surface area contributed by atoms with E-state index in [1.54, 1.807) is 23.9 Å². The lowest BCUT2D eigenvalue weighted by molar-refractivity contribution is -0.387. The molecule has 2 atom stereocenters. The highest BCUT2D eigenvalue weighted by Gasteiger charge is 2.25. The van der Waals surface area contributed by atoms with Crippen LogP contribution in [0.25, 0.3) is 0 Å². The molecule has 1 fully saturated rings. The van der Waals surface area contributed by atoms with Crippen LogP contribution in [0.3, 0.4) is 0 Å². The van der Waals surface area contributed by atoms with E-state index in [0.29, 0.717) is 5.25 Å². The third-order valence-corrected chi connectivity index (χ3v) is 4.58. The van der Waals surface area contributed by atoms with Crippen LogP contribution in [0.4, 0.5) is 5.69 Å². The molecule has 4 nitrogen and oxygen atoms in total. The monoisotopic (exact) mass is 252 g/mol. The van der Waals surface area contributed by atoms with Gasteiger partial charge in [-0.2, -0.15) is 0 Å². The van der Waals surface area contributed by atoms with Crippen LogP contribution < -0.4 is 5.73 Å². The number of para-hydroxylation sites is 1. The first kappa shape index (κ1) is 12.4. The molecular formula is C12H16N2O2S. The van der Waals surface area contributed by atoms with Crippen molar-refractivity contribution in [1.82, 2.24) is 0 Å². The fourth-order valence-corrected chi connectivity index (χ4v) is 3.48. The number of nitrogens with zero attached hydrogens (tertiary/aromatic N) is 1. The fraction of sp³-hybridized carbons (Fsp3) is 0.500. The largest absolute Gasteiger partial charge is 0.327 e.